The van der Waals surface area contributed by atoms with Gasteiger partial charge in [-0.05, 0) is 61.4 Å². The van der Waals surface area contributed by atoms with Crippen molar-refractivity contribution >= 4 is 44.3 Å². The predicted molar refractivity (Wildman–Crippen MR) is 130 cm³/mol. The molecular formula is C26H20N2O6S. The Morgan fingerprint density at radius 1 is 1.09 bits per heavy atom. The number of aromatic nitrogens is 1. The van der Waals surface area contributed by atoms with Crippen LogP contribution >= 0.6 is 11.3 Å². The number of rotatable bonds is 5. The summed E-state index contributed by atoms with van der Waals surface area (Å²) < 4.78 is 11.5. The van der Waals surface area contributed by atoms with Crippen molar-refractivity contribution in [2.45, 2.75) is 26.8 Å². The highest BCUT2D eigenvalue weighted by atomic mass is 32.1. The van der Waals surface area contributed by atoms with E-state index in [-0.39, 0.29) is 11.3 Å². The first-order chi connectivity index (χ1) is 16.7. The lowest BCUT2D eigenvalue weighted by molar-refractivity contribution is -0.131. The Morgan fingerprint density at radius 3 is 2.49 bits per heavy atom. The molecule has 1 aliphatic heterocycles. The van der Waals surface area contributed by atoms with E-state index in [1.165, 1.54) is 29.2 Å². The first-order valence-electron chi connectivity index (χ1n) is 10.8. The summed E-state index contributed by atoms with van der Waals surface area (Å²) in [5.74, 6) is -1.61. The van der Waals surface area contributed by atoms with E-state index in [2.05, 4.69) is 4.98 Å². The van der Waals surface area contributed by atoms with Crippen LogP contribution < -0.4 is 9.64 Å². The summed E-state index contributed by atoms with van der Waals surface area (Å²) in [7, 11) is 0. The molecule has 1 amide bonds. The third kappa shape index (κ3) is 4.00. The van der Waals surface area contributed by atoms with Gasteiger partial charge in [0.05, 0.1) is 21.8 Å². The van der Waals surface area contributed by atoms with Crippen molar-refractivity contribution in [3.05, 3.63) is 88.6 Å². The zero-order chi connectivity index (χ0) is 24.9. The third-order valence-corrected chi connectivity index (χ3v) is 6.63. The summed E-state index contributed by atoms with van der Waals surface area (Å²) in [6, 6.07) is 14.3. The number of ketones is 1. The van der Waals surface area contributed by atoms with Crippen LogP contribution in [0.15, 0.2) is 70.3 Å². The van der Waals surface area contributed by atoms with Crippen molar-refractivity contribution in [3.63, 3.8) is 0 Å². The monoisotopic (exact) mass is 488 g/mol. The van der Waals surface area contributed by atoms with Gasteiger partial charge in [-0.3, -0.25) is 19.3 Å². The molecule has 1 N–H and O–H groups in total. The molecule has 0 aliphatic carbocycles. The molecule has 2 aromatic heterocycles. The number of hydrogen-bond donors (Lipinski definition) is 1. The lowest BCUT2D eigenvalue weighted by atomic mass is 9.95. The van der Waals surface area contributed by atoms with Gasteiger partial charge in [0.1, 0.15) is 11.5 Å². The Bertz CT molecular complexity index is 1530. The number of ether oxygens (including phenoxy) is 1. The number of nitrogens with zero attached hydrogens (tertiary/aromatic N) is 2. The standard InChI is InChI=1S/C26H20N2O6S/c1-13-4-10-18-20(12-13)35-26(27-18)28-22(16-6-8-17(9-7-16)34-15(3)29)21(24(31)25(28)32)23(30)19-11-5-14(2)33-19/h4-12,22,31H,1-3H3. The number of amides is 1. The normalized spacial score (nSPS) is 15.8. The maximum Gasteiger partial charge on any atom is 0.308 e. The number of aryl methyl sites for hydroxylation is 2. The van der Waals surface area contributed by atoms with Crippen LogP contribution in [0.25, 0.3) is 10.2 Å². The summed E-state index contributed by atoms with van der Waals surface area (Å²) >= 11 is 1.29. The fourth-order valence-electron chi connectivity index (χ4n) is 4.05. The van der Waals surface area contributed by atoms with E-state index in [4.69, 9.17) is 9.15 Å². The molecule has 0 saturated heterocycles. The number of aliphatic hydroxyl groups excluding tert-OH is 1. The molecular weight excluding hydrogens is 468 g/mol. The van der Waals surface area contributed by atoms with Gasteiger partial charge in [-0.25, -0.2) is 4.98 Å². The molecule has 5 rings (SSSR count). The number of hydrogen-bond acceptors (Lipinski definition) is 8. The highest BCUT2D eigenvalue weighted by Gasteiger charge is 2.46. The molecule has 1 unspecified atom stereocenters. The molecule has 0 bridgehead atoms. The predicted octanol–water partition coefficient (Wildman–Crippen LogP) is 5.21. The number of anilines is 1. The van der Waals surface area contributed by atoms with Crippen LogP contribution in [0.3, 0.4) is 0 Å². The van der Waals surface area contributed by atoms with E-state index in [1.54, 1.807) is 37.3 Å². The van der Waals surface area contributed by atoms with Crippen LogP contribution in [0.2, 0.25) is 0 Å². The summed E-state index contributed by atoms with van der Waals surface area (Å²) in [6.45, 7) is 4.96. The van der Waals surface area contributed by atoms with Gasteiger partial charge >= 0.3 is 5.97 Å². The number of esters is 1. The van der Waals surface area contributed by atoms with Crippen LogP contribution in [0.5, 0.6) is 5.75 Å². The maximum absolute atomic E-state index is 13.4. The number of carbonyl (C=O) groups excluding carboxylic acids is 3. The summed E-state index contributed by atoms with van der Waals surface area (Å²) in [5.41, 5.74) is 2.16. The lowest BCUT2D eigenvalue weighted by Gasteiger charge is -2.24. The van der Waals surface area contributed by atoms with Crippen molar-refractivity contribution in [1.82, 2.24) is 4.98 Å². The van der Waals surface area contributed by atoms with E-state index in [1.807, 2.05) is 25.1 Å². The van der Waals surface area contributed by atoms with Crippen LogP contribution in [0, 0.1) is 13.8 Å². The molecule has 4 aromatic rings. The fourth-order valence-corrected chi connectivity index (χ4v) is 5.14. The number of furan rings is 1. The molecule has 0 saturated carbocycles. The van der Waals surface area contributed by atoms with Gasteiger partial charge in [0.2, 0.25) is 5.78 Å². The van der Waals surface area contributed by atoms with Gasteiger partial charge in [0.15, 0.2) is 16.7 Å². The lowest BCUT2D eigenvalue weighted by Crippen LogP contribution is -2.30. The van der Waals surface area contributed by atoms with Crippen LogP contribution in [0.1, 0.15) is 40.4 Å². The van der Waals surface area contributed by atoms with Crippen molar-refractivity contribution in [2.75, 3.05) is 4.90 Å². The minimum Gasteiger partial charge on any atom is -0.503 e. The Balaban J connectivity index is 1.64. The topological polar surface area (TPSA) is 110 Å². The van der Waals surface area contributed by atoms with Crippen molar-refractivity contribution in [3.8, 4) is 5.75 Å². The van der Waals surface area contributed by atoms with E-state index in [0.717, 1.165) is 10.3 Å². The Kier molecular flexibility index (Phi) is 5.49. The average molecular weight is 489 g/mol. The van der Waals surface area contributed by atoms with E-state index in [0.29, 0.717) is 27.7 Å². The SMILES string of the molecule is CC(=O)Oc1ccc(C2C(C(=O)c3ccc(C)o3)=C(O)C(=O)N2c2nc3ccc(C)cc3s2)cc1. The van der Waals surface area contributed by atoms with Crippen molar-refractivity contribution < 1.29 is 28.6 Å². The second kappa shape index (κ2) is 8.52. The molecule has 1 aliphatic rings. The first-order valence-corrected chi connectivity index (χ1v) is 11.6. The first kappa shape index (κ1) is 22.5. The Morgan fingerprint density at radius 2 is 1.83 bits per heavy atom. The molecule has 176 valence electrons. The highest BCUT2D eigenvalue weighted by Crippen LogP contribution is 2.44. The van der Waals surface area contributed by atoms with Crippen LogP contribution in [-0.4, -0.2) is 27.8 Å². The van der Waals surface area contributed by atoms with Gasteiger partial charge in [-0.2, -0.15) is 0 Å². The van der Waals surface area contributed by atoms with E-state index >= 15 is 0 Å². The fraction of sp³-hybridized carbons (Fsp3) is 0.154. The molecule has 0 radical (unpaired) electrons. The van der Waals surface area contributed by atoms with E-state index in [9.17, 15) is 19.5 Å². The molecule has 0 fully saturated rings. The smallest absolute Gasteiger partial charge is 0.308 e. The Hall–Kier alpha value is -4.24. The maximum atomic E-state index is 13.4. The van der Waals surface area contributed by atoms with Gasteiger partial charge in [-0.1, -0.05) is 29.5 Å². The number of fused-ring (bicyclic) bond motifs is 1. The van der Waals surface area contributed by atoms with Gasteiger partial charge < -0.3 is 14.3 Å². The third-order valence-electron chi connectivity index (χ3n) is 5.61. The molecule has 9 heteroatoms. The quantitative estimate of drug-likeness (QED) is 0.233. The number of carbonyl (C=O) groups is 3. The highest BCUT2D eigenvalue weighted by molar-refractivity contribution is 7.22. The number of thiazole rings is 1. The average Bonchev–Trinajstić information content (AvgIpc) is 3.49. The Labute approximate surface area is 204 Å². The van der Waals surface area contributed by atoms with Gasteiger partial charge in [0.25, 0.3) is 5.91 Å². The van der Waals surface area contributed by atoms with E-state index < -0.39 is 29.5 Å². The van der Waals surface area contributed by atoms with Crippen LogP contribution in [-0.2, 0) is 9.59 Å². The van der Waals surface area contributed by atoms with Crippen molar-refractivity contribution in [2.24, 2.45) is 0 Å². The molecule has 0 spiro atoms. The van der Waals surface area contributed by atoms with Gasteiger partial charge in [-0.15, -0.1) is 0 Å². The number of Topliss-reactive ketones (excluding diaryl/α,β-unsaturated/α-hetero) is 1. The molecule has 2 aromatic carbocycles. The zero-order valence-electron chi connectivity index (χ0n) is 19.1. The summed E-state index contributed by atoms with van der Waals surface area (Å²) in [4.78, 5) is 44.0. The second-order valence-corrected chi connectivity index (χ2v) is 9.22. The minimum absolute atomic E-state index is 0.0140. The molecule has 35 heavy (non-hydrogen) atoms. The molecule has 3 heterocycles. The number of benzene rings is 2. The largest absolute Gasteiger partial charge is 0.503 e. The van der Waals surface area contributed by atoms with Crippen molar-refractivity contribution in [1.29, 1.82) is 0 Å². The zero-order valence-corrected chi connectivity index (χ0v) is 19.9. The van der Waals surface area contributed by atoms with Gasteiger partial charge in [0, 0.05) is 6.92 Å². The minimum atomic E-state index is -0.964. The molecule has 8 nitrogen and oxygen atoms in total. The molecule has 1 atom stereocenters. The number of aliphatic hydroxyl groups is 1. The summed E-state index contributed by atoms with van der Waals surface area (Å²) in [6.07, 6.45) is 0. The summed E-state index contributed by atoms with van der Waals surface area (Å²) in [5, 5.41) is 11.2. The second-order valence-electron chi connectivity index (χ2n) is 8.21. The van der Waals surface area contributed by atoms with Crippen LogP contribution in [0.4, 0.5) is 5.13 Å².